The van der Waals surface area contributed by atoms with E-state index >= 15 is 0 Å². The number of nitrogens with zero attached hydrogens (tertiary/aromatic N) is 1. The minimum atomic E-state index is -0.674. The van der Waals surface area contributed by atoms with Crippen LogP contribution >= 0.6 is 11.3 Å². The van der Waals surface area contributed by atoms with Crippen molar-refractivity contribution < 1.29 is 9.18 Å². The first-order valence-corrected chi connectivity index (χ1v) is 5.21. The van der Waals surface area contributed by atoms with E-state index in [1.54, 1.807) is 12.1 Å². The molecule has 4 nitrogen and oxygen atoms in total. The van der Waals surface area contributed by atoms with Gasteiger partial charge in [0.15, 0.2) is 5.13 Å². The van der Waals surface area contributed by atoms with Crippen LogP contribution < -0.4 is 11.5 Å². The van der Waals surface area contributed by atoms with E-state index in [0.29, 0.717) is 10.4 Å². The number of amides is 1. The van der Waals surface area contributed by atoms with Crippen LogP contribution in [0.2, 0.25) is 0 Å². The third-order valence-corrected chi connectivity index (χ3v) is 2.90. The molecule has 0 saturated heterocycles. The van der Waals surface area contributed by atoms with Gasteiger partial charge >= 0.3 is 0 Å². The zero-order valence-corrected chi connectivity index (χ0v) is 8.92. The summed E-state index contributed by atoms with van der Waals surface area (Å²) in [5.74, 6) is -1.06. The number of rotatable bonds is 2. The molecule has 6 heteroatoms. The highest BCUT2D eigenvalue weighted by Crippen LogP contribution is 2.31. The van der Waals surface area contributed by atoms with Gasteiger partial charge in [-0.3, -0.25) is 4.79 Å². The maximum Gasteiger partial charge on any atom is 0.268 e. The fraction of sp³-hybridized carbons (Fsp3) is 0. The highest BCUT2D eigenvalue weighted by Gasteiger charge is 2.16. The lowest BCUT2D eigenvalue weighted by Crippen LogP contribution is -2.12. The number of nitrogen functional groups attached to an aromatic ring is 1. The van der Waals surface area contributed by atoms with Crippen LogP contribution in [-0.2, 0) is 0 Å². The van der Waals surface area contributed by atoms with Crippen molar-refractivity contribution in [2.45, 2.75) is 0 Å². The smallest absolute Gasteiger partial charge is 0.268 e. The molecule has 82 valence electrons. The van der Waals surface area contributed by atoms with Gasteiger partial charge in [-0.1, -0.05) is 23.5 Å². The van der Waals surface area contributed by atoms with Gasteiger partial charge in [0.25, 0.3) is 5.91 Å². The summed E-state index contributed by atoms with van der Waals surface area (Å²) >= 11 is 1.10. The van der Waals surface area contributed by atoms with E-state index in [1.807, 2.05) is 0 Å². The Balaban J connectivity index is 2.59. The first kappa shape index (κ1) is 10.6. The molecule has 4 N–H and O–H groups in total. The molecule has 0 aliphatic carbocycles. The maximum atomic E-state index is 13.0. The highest BCUT2D eigenvalue weighted by molar-refractivity contribution is 7.19. The molecular formula is C10H8FN3OS. The molecule has 0 spiro atoms. The molecule has 2 rings (SSSR count). The standard InChI is InChI=1S/C10H8FN3OS/c11-6-3-1-2-5(4-6)8-7(9(12)15)14-10(13)16-8/h1-4H,(H2,12,15)(H2,13,14). The van der Waals surface area contributed by atoms with Crippen molar-refractivity contribution in [1.82, 2.24) is 4.98 Å². The number of aromatic nitrogens is 1. The minimum absolute atomic E-state index is 0.0769. The van der Waals surface area contributed by atoms with Crippen LogP contribution in [0.25, 0.3) is 10.4 Å². The topological polar surface area (TPSA) is 82.0 Å². The Labute approximate surface area is 94.7 Å². The number of hydrogen-bond acceptors (Lipinski definition) is 4. The second-order valence-corrected chi connectivity index (χ2v) is 4.14. The lowest BCUT2D eigenvalue weighted by atomic mass is 10.1. The summed E-state index contributed by atoms with van der Waals surface area (Å²) in [6.45, 7) is 0. The van der Waals surface area contributed by atoms with Crippen LogP contribution in [0.3, 0.4) is 0 Å². The molecule has 0 unspecified atom stereocenters. The van der Waals surface area contributed by atoms with E-state index in [-0.39, 0.29) is 16.6 Å². The number of carbonyl (C=O) groups is 1. The number of nitrogens with two attached hydrogens (primary N) is 2. The van der Waals surface area contributed by atoms with Gasteiger partial charge in [-0.15, -0.1) is 0 Å². The average Bonchev–Trinajstić information content (AvgIpc) is 2.60. The van der Waals surface area contributed by atoms with E-state index in [0.717, 1.165) is 11.3 Å². The van der Waals surface area contributed by atoms with Crippen molar-refractivity contribution in [3.63, 3.8) is 0 Å². The van der Waals surface area contributed by atoms with Crippen molar-refractivity contribution in [1.29, 1.82) is 0 Å². The minimum Gasteiger partial charge on any atom is -0.375 e. The molecule has 0 fully saturated rings. The number of primary amides is 1. The second kappa shape index (κ2) is 3.90. The second-order valence-electron chi connectivity index (χ2n) is 3.10. The summed E-state index contributed by atoms with van der Waals surface area (Å²) in [6.07, 6.45) is 0. The monoisotopic (exact) mass is 237 g/mol. The van der Waals surface area contributed by atoms with E-state index in [9.17, 15) is 9.18 Å². The number of anilines is 1. The lowest BCUT2D eigenvalue weighted by Gasteiger charge is -1.98. The van der Waals surface area contributed by atoms with Gasteiger partial charge in [0, 0.05) is 0 Å². The summed E-state index contributed by atoms with van der Waals surface area (Å²) in [6, 6.07) is 5.84. The zero-order chi connectivity index (χ0) is 11.7. The van der Waals surface area contributed by atoms with Gasteiger partial charge in [-0.25, -0.2) is 9.37 Å². The quantitative estimate of drug-likeness (QED) is 0.832. The average molecular weight is 237 g/mol. The summed E-state index contributed by atoms with van der Waals surface area (Å²) in [7, 11) is 0. The number of benzene rings is 1. The van der Waals surface area contributed by atoms with Crippen molar-refractivity contribution in [3.05, 3.63) is 35.8 Å². The van der Waals surface area contributed by atoms with Crippen LogP contribution in [0, 0.1) is 5.82 Å². The molecule has 1 amide bonds. The van der Waals surface area contributed by atoms with Gasteiger partial charge < -0.3 is 11.5 Å². The number of thiazole rings is 1. The van der Waals surface area contributed by atoms with Crippen LogP contribution in [0.5, 0.6) is 0 Å². The largest absolute Gasteiger partial charge is 0.375 e. The van der Waals surface area contributed by atoms with E-state index in [4.69, 9.17) is 11.5 Å². The lowest BCUT2D eigenvalue weighted by molar-refractivity contribution is 0.0997. The SMILES string of the molecule is NC(=O)c1nc(N)sc1-c1cccc(F)c1. The molecule has 1 aromatic heterocycles. The van der Waals surface area contributed by atoms with Gasteiger partial charge in [0.05, 0.1) is 4.88 Å². The summed E-state index contributed by atoms with van der Waals surface area (Å²) in [5.41, 5.74) is 11.3. The first-order valence-electron chi connectivity index (χ1n) is 4.40. The van der Waals surface area contributed by atoms with Crippen molar-refractivity contribution in [2.75, 3.05) is 5.73 Å². The molecule has 1 heterocycles. The van der Waals surface area contributed by atoms with Gasteiger partial charge in [-0.2, -0.15) is 0 Å². The molecule has 1 aromatic carbocycles. The number of hydrogen-bond donors (Lipinski definition) is 2. The molecule has 0 saturated carbocycles. The predicted molar refractivity (Wildman–Crippen MR) is 60.4 cm³/mol. The van der Waals surface area contributed by atoms with Gasteiger partial charge in [0.2, 0.25) is 0 Å². The molecule has 2 aromatic rings. The highest BCUT2D eigenvalue weighted by atomic mass is 32.1. The summed E-state index contributed by atoms with van der Waals surface area (Å²) in [5, 5.41) is 0.230. The van der Waals surface area contributed by atoms with Crippen molar-refractivity contribution in [2.24, 2.45) is 5.73 Å². The van der Waals surface area contributed by atoms with Crippen LogP contribution in [0.4, 0.5) is 9.52 Å². The van der Waals surface area contributed by atoms with E-state index in [2.05, 4.69) is 4.98 Å². The molecule has 0 radical (unpaired) electrons. The fourth-order valence-corrected chi connectivity index (χ4v) is 2.16. The van der Waals surface area contributed by atoms with Crippen molar-refractivity contribution in [3.8, 4) is 10.4 Å². The number of carbonyl (C=O) groups excluding carboxylic acids is 1. The van der Waals surface area contributed by atoms with Crippen LogP contribution in [-0.4, -0.2) is 10.9 Å². The van der Waals surface area contributed by atoms with Gasteiger partial charge in [-0.05, 0) is 17.7 Å². The normalized spacial score (nSPS) is 10.3. The Hall–Kier alpha value is -1.95. The maximum absolute atomic E-state index is 13.0. The van der Waals surface area contributed by atoms with Gasteiger partial charge in [0.1, 0.15) is 11.5 Å². The van der Waals surface area contributed by atoms with Crippen molar-refractivity contribution >= 4 is 22.4 Å². The Morgan fingerprint density at radius 2 is 2.19 bits per heavy atom. The Kier molecular flexibility index (Phi) is 2.57. The molecule has 0 aliphatic heterocycles. The summed E-state index contributed by atoms with van der Waals surface area (Å²) in [4.78, 5) is 15.4. The Bertz CT molecular complexity index is 553. The van der Waals surface area contributed by atoms with E-state index < -0.39 is 5.91 Å². The van der Waals surface area contributed by atoms with E-state index in [1.165, 1.54) is 12.1 Å². The number of halogens is 1. The predicted octanol–water partition coefficient (Wildman–Crippen LogP) is 1.63. The third-order valence-electron chi connectivity index (χ3n) is 1.96. The van der Waals surface area contributed by atoms with Crippen LogP contribution in [0.15, 0.2) is 24.3 Å². The van der Waals surface area contributed by atoms with Crippen LogP contribution in [0.1, 0.15) is 10.5 Å². The molecule has 16 heavy (non-hydrogen) atoms. The summed E-state index contributed by atoms with van der Waals surface area (Å²) < 4.78 is 13.0. The first-order chi connectivity index (χ1) is 7.58. The molecular weight excluding hydrogens is 229 g/mol. The fourth-order valence-electron chi connectivity index (χ4n) is 1.33. The molecule has 0 atom stereocenters. The Morgan fingerprint density at radius 1 is 1.44 bits per heavy atom. The zero-order valence-electron chi connectivity index (χ0n) is 8.11. The third kappa shape index (κ3) is 1.87. The molecule has 0 bridgehead atoms. The Morgan fingerprint density at radius 3 is 2.81 bits per heavy atom. The molecule has 0 aliphatic rings.